The Labute approximate surface area is 267 Å². The molecule has 2 aliphatic rings. The molecule has 0 aromatic carbocycles. The molecule has 0 saturated carbocycles. The Hall–Kier alpha value is -2.29. The number of allylic oxidation sites excluding steroid dienone is 4. The SMILES string of the molecule is CO[C@@H](/C(C)=C/C=O)[C@H](C)[C@@H]1C[C@H](O[Si](C(C)C)(C(C)C)C(C)C)/C(C)=C/C=C/[C@@H](C)[C@H]2C[C@@H](C/C=C/C(=O)O1)CC(=O)O2. The third-order valence-electron chi connectivity index (χ3n) is 9.76. The van der Waals surface area contributed by atoms with Crippen molar-refractivity contribution in [2.45, 2.75) is 136 Å². The van der Waals surface area contributed by atoms with E-state index in [-0.39, 0.29) is 35.9 Å². The summed E-state index contributed by atoms with van der Waals surface area (Å²) in [6.45, 7) is 21.6. The van der Waals surface area contributed by atoms with Crippen LogP contribution in [-0.4, -0.2) is 58.1 Å². The molecule has 44 heavy (non-hydrogen) atoms. The second-order valence-corrected chi connectivity index (χ2v) is 19.2. The lowest BCUT2D eigenvalue weighted by atomic mass is 9.86. The minimum absolute atomic E-state index is 0.0466. The van der Waals surface area contributed by atoms with Crippen LogP contribution in [0.15, 0.2) is 47.6 Å². The van der Waals surface area contributed by atoms with E-state index in [0.717, 1.165) is 23.9 Å². The fraction of sp³-hybridized carbons (Fsp3) is 0.694. The molecule has 1 fully saturated rings. The minimum Gasteiger partial charge on any atom is -0.462 e. The molecule has 2 aliphatic heterocycles. The fourth-order valence-corrected chi connectivity index (χ4v) is 12.9. The largest absolute Gasteiger partial charge is 0.462 e. The molecule has 0 aromatic heterocycles. The fourth-order valence-electron chi connectivity index (χ4n) is 7.35. The Morgan fingerprint density at radius 2 is 1.66 bits per heavy atom. The van der Waals surface area contributed by atoms with Crippen LogP contribution in [0.5, 0.6) is 0 Å². The Kier molecular flexibility index (Phi) is 15.0. The number of methoxy groups -OCH3 is 1. The van der Waals surface area contributed by atoms with Crippen molar-refractivity contribution in [3.05, 3.63) is 47.6 Å². The smallest absolute Gasteiger partial charge is 0.330 e. The molecule has 0 aromatic rings. The van der Waals surface area contributed by atoms with Crippen LogP contribution in [0.2, 0.25) is 16.6 Å². The molecule has 248 valence electrons. The van der Waals surface area contributed by atoms with Gasteiger partial charge in [-0.05, 0) is 66.5 Å². The van der Waals surface area contributed by atoms with E-state index < -0.39 is 26.5 Å². The summed E-state index contributed by atoms with van der Waals surface area (Å²) in [6.07, 6.45) is 12.4. The number of carbonyl (C=O) groups excluding carboxylic acids is 3. The Morgan fingerprint density at radius 3 is 2.23 bits per heavy atom. The van der Waals surface area contributed by atoms with Crippen molar-refractivity contribution in [3.8, 4) is 0 Å². The highest BCUT2D eigenvalue weighted by Crippen LogP contribution is 2.44. The molecular formula is C36H58O7Si. The first kappa shape index (κ1) is 37.9. The van der Waals surface area contributed by atoms with Gasteiger partial charge in [-0.25, -0.2) is 4.79 Å². The van der Waals surface area contributed by atoms with Crippen LogP contribution in [0.4, 0.5) is 0 Å². The molecule has 0 radical (unpaired) electrons. The topological polar surface area (TPSA) is 88.1 Å². The lowest BCUT2D eigenvalue weighted by molar-refractivity contribution is -0.158. The highest BCUT2D eigenvalue weighted by Gasteiger charge is 2.47. The zero-order valence-corrected chi connectivity index (χ0v) is 30.0. The van der Waals surface area contributed by atoms with Gasteiger partial charge in [-0.1, -0.05) is 79.7 Å². The average molecular weight is 631 g/mol. The van der Waals surface area contributed by atoms with Crippen molar-refractivity contribution < 1.29 is 33.0 Å². The molecule has 7 nitrogen and oxygen atoms in total. The van der Waals surface area contributed by atoms with Gasteiger partial charge >= 0.3 is 11.9 Å². The summed E-state index contributed by atoms with van der Waals surface area (Å²) in [4.78, 5) is 37.1. The molecule has 0 N–H and O–H groups in total. The quantitative estimate of drug-likeness (QED) is 0.104. The summed E-state index contributed by atoms with van der Waals surface area (Å²) >= 11 is 0. The summed E-state index contributed by atoms with van der Waals surface area (Å²) in [5.74, 6) is -0.743. The van der Waals surface area contributed by atoms with Crippen molar-refractivity contribution in [2.24, 2.45) is 17.8 Å². The lowest BCUT2D eigenvalue weighted by Gasteiger charge is -2.45. The third kappa shape index (κ3) is 9.85. The molecule has 0 unspecified atom stereocenters. The van der Waals surface area contributed by atoms with Crippen LogP contribution in [0, 0.1) is 17.8 Å². The van der Waals surface area contributed by atoms with Gasteiger partial charge in [0, 0.05) is 37.9 Å². The number of aldehydes is 1. The number of esters is 2. The zero-order chi connectivity index (χ0) is 33.2. The number of cyclic esters (lactones) is 1. The van der Waals surface area contributed by atoms with E-state index in [1.54, 1.807) is 7.11 Å². The standard InChI is InChI=1S/C36H58O7Si/c1-23(2)44(24(3)4,25(5)6)43-32-22-33(29(10)36(40-11)28(9)18-19-37)42-34(38)17-13-16-30-20-31(41-35(39)21-30)26(7)14-12-15-27(32)8/h12-15,17-19,23-26,29-33,36H,16,20-22H2,1-11H3/b14-12+,17-13+,27-15+,28-18+/t26-,29-,30-,31-,32+,33+,36+/m1/s1. The summed E-state index contributed by atoms with van der Waals surface area (Å²) in [7, 11) is -0.722. The van der Waals surface area contributed by atoms with Crippen molar-refractivity contribution in [1.82, 2.24) is 0 Å². The van der Waals surface area contributed by atoms with Crippen molar-refractivity contribution >= 4 is 26.5 Å². The van der Waals surface area contributed by atoms with E-state index in [1.807, 2.05) is 26.0 Å². The second kappa shape index (κ2) is 17.4. The van der Waals surface area contributed by atoms with E-state index in [4.69, 9.17) is 18.6 Å². The first-order valence-corrected chi connectivity index (χ1v) is 18.6. The predicted molar refractivity (Wildman–Crippen MR) is 179 cm³/mol. The number of ether oxygens (including phenoxy) is 3. The van der Waals surface area contributed by atoms with E-state index in [1.165, 1.54) is 12.2 Å². The Bertz CT molecular complexity index is 1060. The molecule has 2 heterocycles. The van der Waals surface area contributed by atoms with Crippen molar-refractivity contribution in [1.29, 1.82) is 0 Å². The summed E-state index contributed by atoms with van der Waals surface area (Å²) < 4.78 is 25.2. The van der Waals surface area contributed by atoms with Crippen LogP contribution in [0.25, 0.3) is 0 Å². The van der Waals surface area contributed by atoms with Gasteiger partial charge < -0.3 is 18.6 Å². The van der Waals surface area contributed by atoms with E-state index in [2.05, 4.69) is 67.5 Å². The van der Waals surface area contributed by atoms with E-state index in [0.29, 0.717) is 35.9 Å². The highest BCUT2D eigenvalue weighted by atomic mass is 28.4. The van der Waals surface area contributed by atoms with Crippen molar-refractivity contribution in [2.75, 3.05) is 7.11 Å². The molecular weight excluding hydrogens is 572 g/mol. The second-order valence-electron chi connectivity index (χ2n) is 13.8. The van der Waals surface area contributed by atoms with Gasteiger partial charge in [0.2, 0.25) is 8.32 Å². The summed E-state index contributed by atoms with van der Waals surface area (Å²) in [5.41, 5.74) is 2.91. The van der Waals surface area contributed by atoms with Crippen LogP contribution in [0.3, 0.4) is 0 Å². The number of fused-ring (bicyclic) bond motifs is 2. The summed E-state index contributed by atoms with van der Waals surface area (Å²) in [5, 5.41) is 0. The van der Waals surface area contributed by atoms with Gasteiger partial charge in [0.15, 0.2) is 0 Å². The van der Waals surface area contributed by atoms with Gasteiger partial charge in [0.05, 0.1) is 12.2 Å². The number of carbonyl (C=O) groups is 3. The molecule has 0 aliphatic carbocycles. The number of hydrogen-bond donors (Lipinski definition) is 0. The molecule has 0 amide bonds. The number of rotatable bonds is 10. The minimum atomic E-state index is -2.34. The maximum absolute atomic E-state index is 13.3. The Balaban J connectivity index is 2.67. The first-order chi connectivity index (χ1) is 20.7. The first-order valence-electron chi connectivity index (χ1n) is 16.4. The third-order valence-corrected chi connectivity index (χ3v) is 15.9. The maximum atomic E-state index is 13.3. The van der Waals surface area contributed by atoms with Crippen LogP contribution < -0.4 is 0 Å². The molecule has 8 heteroatoms. The molecule has 0 spiro atoms. The monoisotopic (exact) mass is 630 g/mol. The van der Waals surface area contributed by atoms with Crippen LogP contribution in [0.1, 0.15) is 94.9 Å². The normalized spacial score (nSPS) is 30.3. The molecule has 1 saturated heterocycles. The van der Waals surface area contributed by atoms with Gasteiger partial charge in [0.1, 0.15) is 18.5 Å². The summed E-state index contributed by atoms with van der Waals surface area (Å²) in [6, 6.07) is 0. The van der Waals surface area contributed by atoms with Gasteiger partial charge in [-0.2, -0.15) is 0 Å². The highest BCUT2D eigenvalue weighted by molar-refractivity contribution is 6.77. The van der Waals surface area contributed by atoms with Gasteiger partial charge in [-0.3, -0.25) is 9.59 Å². The van der Waals surface area contributed by atoms with E-state index in [9.17, 15) is 14.4 Å². The lowest BCUT2D eigenvalue weighted by Crippen LogP contribution is -2.51. The number of hydrogen-bond acceptors (Lipinski definition) is 7. The van der Waals surface area contributed by atoms with E-state index >= 15 is 0 Å². The maximum Gasteiger partial charge on any atom is 0.330 e. The van der Waals surface area contributed by atoms with Crippen LogP contribution in [-0.2, 0) is 33.0 Å². The average Bonchev–Trinajstić information content (AvgIpc) is 2.93. The van der Waals surface area contributed by atoms with Gasteiger partial charge in [0.25, 0.3) is 0 Å². The zero-order valence-electron chi connectivity index (χ0n) is 29.0. The van der Waals surface area contributed by atoms with Crippen molar-refractivity contribution in [3.63, 3.8) is 0 Å². The predicted octanol–water partition coefficient (Wildman–Crippen LogP) is 8.07. The Morgan fingerprint density at radius 1 is 1.02 bits per heavy atom. The van der Waals surface area contributed by atoms with Gasteiger partial charge in [-0.15, -0.1) is 0 Å². The molecule has 2 rings (SSSR count). The van der Waals surface area contributed by atoms with Crippen LogP contribution >= 0.6 is 0 Å². The molecule has 2 bridgehead atoms. The molecule has 7 atom stereocenters.